The molecule has 2 aromatic carbocycles. The SMILES string of the molecule is CC(=O)n1cc(CCCCN2CCN(c3cccc4sccc34)CC2)c2cc(C#N)ccc21. The molecule has 3 heterocycles. The van der Waals surface area contributed by atoms with Crippen LogP contribution >= 0.6 is 11.3 Å². The number of hydrogen-bond donors (Lipinski definition) is 0. The summed E-state index contributed by atoms with van der Waals surface area (Å²) in [4.78, 5) is 17.1. The Hall–Kier alpha value is -3.14. The molecule has 5 nitrogen and oxygen atoms in total. The van der Waals surface area contributed by atoms with E-state index in [1.165, 1.54) is 15.8 Å². The zero-order chi connectivity index (χ0) is 22.8. The molecule has 0 bridgehead atoms. The van der Waals surface area contributed by atoms with E-state index in [0.717, 1.165) is 68.5 Å². The van der Waals surface area contributed by atoms with E-state index in [1.807, 2.05) is 29.7 Å². The molecule has 0 aliphatic carbocycles. The lowest BCUT2D eigenvalue weighted by Gasteiger charge is -2.36. The molecule has 5 rings (SSSR count). The van der Waals surface area contributed by atoms with Gasteiger partial charge in [0.05, 0.1) is 17.1 Å². The molecular weight excluding hydrogens is 428 g/mol. The first-order valence-electron chi connectivity index (χ1n) is 11.6. The van der Waals surface area contributed by atoms with Crippen molar-refractivity contribution in [2.45, 2.75) is 26.2 Å². The van der Waals surface area contributed by atoms with Crippen LogP contribution in [0.4, 0.5) is 5.69 Å². The van der Waals surface area contributed by atoms with Crippen molar-refractivity contribution >= 4 is 43.9 Å². The molecule has 0 unspecified atom stereocenters. The summed E-state index contributed by atoms with van der Waals surface area (Å²) in [6.07, 6.45) is 5.08. The number of rotatable bonds is 6. The molecule has 1 fully saturated rings. The summed E-state index contributed by atoms with van der Waals surface area (Å²) < 4.78 is 3.07. The van der Waals surface area contributed by atoms with Gasteiger partial charge in [-0.1, -0.05) is 6.07 Å². The van der Waals surface area contributed by atoms with Crippen molar-refractivity contribution in [1.29, 1.82) is 5.26 Å². The van der Waals surface area contributed by atoms with Crippen LogP contribution in [0.3, 0.4) is 0 Å². The molecule has 2 aromatic heterocycles. The van der Waals surface area contributed by atoms with Gasteiger partial charge in [-0.2, -0.15) is 5.26 Å². The molecule has 1 aliphatic rings. The van der Waals surface area contributed by atoms with Gasteiger partial charge in [0.25, 0.3) is 0 Å². The number of piperazine rings is 1. The quantitative estimate of drug-likeness (QED) is 0.358. The number of aryl methyl sites for hydroxylation is 1. The number of unbranched alkanes of at least 4 members (excludes halogenated alkanes) is 1. The average Bonchev–Trinajstić information content (AvgIpc) is 3.47. The summed E-state index contributed by atoms with van der Waals surface area (Å²) in [6, 6.07) is 16.7. The topological polar surface area (TPSA) is 52.3 Å². The van der Waals surface area contributed by atoms with Crippen molar-refractivity contribution in [1.82, 2.24) is 9.47 Å². The van der Waals surface area contributed by atoms with Crippen LogP contribution in [0.2, 0.25) is 0 Å². The third kappa shape index (κ3) is 4.39. The van der Waals surface area contributed by atoms with Crippen LogP contribution in [-0.4, -0.2) is 48.1 Å². The molecule has 0 saturated carbocycles. The highest BCUT2D eigenvalue weighted by atomic mass is 32.1. The molecule has 0 spiro atoms. The van der Waals surface area contributed by atoms with Gasteiger partial charge in [-0.25, -0.2) is 0 Å². The Bertz CT molecular complexity index is 1340. The summed E-state index contributed by atoms with van der Waals surface area (Å²) in [5, 5.41) is 13.8. The van der Waals surface area contributed by atoms with Crippen molar-refractivity contribution in [2.24, 2.45) is 0 Å². The van der Waals surface area contributed by atoms with Gasteiger partial charge in [0.1, 0.15) is 0 Å². The molecule has 0 N–H and O–H groups in total. The first kappa shape index (κ1) is 21.7. The first-order chi connectivity index (χ1) is 16.1. The number of thiophene rings is 1. The summed E-state index contributed by atoms with van der Waals surface area (Å²) in [6.45, 7) is 7.01. The maximum Gasteiger partial charge on any atom is 0.227 e. The van der Waals surface area contributed by atoms with E-state index in [1.54, 1.807) is 17.6 Å². The predicted octanol–water partition coefficient (Wildman–Crippen LogP) is 5.53. The van der Waals surface area contributed by atoms with E-state index < -0.39 is 0 Å². The predicted molar refractivity (Wildman–Crippen MR) is 136 cm³/mol. The highest BCUT2D eigenvalue weighted by Crippen LogP contribution is 2.31. The molecule has 1 aliphatic heterocycles. The van der Waals surface area contributed by atoms with Crippen molar-refractivity contribution in [3.8, 4) is 6.07 Å². The van der Waals surface area contributed by atoms with Gasteiger partial charge in [-0.3, -0.25) is 14.3 Å². The summed E-state index contributed by atoms with van der Waals surface area (Å²) >= 11 is 1.81. The zero-order valence-electron chi connectivity index (χ0n) is 19.0. The second-order valence-electron chi connectivity index (χ2n) is 8.78. The second-order valence-corrected chi connectivity index (χ2v) is 9.73. The Kier molecular flexibility index (Phi) is 6.17. The maximum absolute atomic E-state index is 12.0. The average molecular weight is 457 g/mol. The van der Waals surface area contributed by atoms with Crippen molar-refractivity contribution in [3.05, 3.63) is 65.2 Å². The van der Waals surface area contributed by atoms with E-state index >= 15 is 0 Å². The largest absolute Gasteiger partial charge is 0.368 e. The van der Waals surface area contributed by atoms with Crippen LogP contribution in [0.25, 0.3) is 21.0 Å². The molecule has 168 valence electrons. The van der Waals surface area contributed by atoms with Gasteiger partial charge in [-0.15, -0.1) is 11.3 Å². The van der Waals surface area contributed by atoms with Crippen molar-refractivity contribution in [2.75, 3.05) is 37.6 Å². The van der Waals surface area contributed by atoms with Crippen molar-refractivity contribution < 1.29 is 4.79 Å². The number of nitrogens with zero attached hydrogens (tertiary/aromatic N) is 4. The molecule has 0 radical (unpaired) electrons. The van der Waals surface area contributed by atoms with E-state index in [0.29, 0.717) is 5.56 Å². The van der Waals surface area contributed by atoms with Crippen LogP contribution in [0, 0.1) is 11.3 Å². The van der Waals surface area contributed by atoms with Gasteiger partial charge in [0, 0.05) is 60.5 Å². The summed E-state index contributed by atoms with van der Waals surface area (Å²) in [7, 11) is 0. The number of carbonyl (C=O) groups excluding carboxylic acids is 1. The van der Waals surface area contributed by atoms with Crippen LogP contribution in [-0.2, 0) is 6.42 Å². The number of aromatic nitrogens is 1. The molecular formula is C27H28N4OS. The lowest BCUT2D eigenvalue weighted by Crippen LogP contribution is -2.46. The highest BCUT2D eigenvalue weighted by molar-refractivity contribution is 7.17. The maximum atomic E-state index is 12.0. The number of benzene rings is 2. The molecule has 1 saturated heterocycles. The van der Waals surface area contributed by atoms with E-state index in [4.69, 9.17) is 0 Å². The van der Waals surface area contributed by atoms with Crippen LogP contribution in [0.15, 0.2) is 54.0 Å². The lowest BCUT2D eigenvalue weighted by atomic mass is 10.0. The van der Waals surface area contributed by atoms with E-state index in [9.17, 15) is 10.1 Å². The molecule has 0 amide bonds. The summed E-state index contributed by atoms with van der Waals surface area (Å²) in [5.74, 6) is 0.00646. The van der Waals surface area contributed by atoms with Crippen LogP contribution < -0.4 is 4.90 Å². The number of carbonyl (C=O) groups is 1. The Morgan fingerprint density at radius 3 is 2.70 bits per heavy atom. The number of anilines is 1. The van der Waals surface area contributed by atoms with E-state index in [-0.39, 0.29) is 5.91 Å². The van der Waals surface area contributed by atoms with Gasteiger partial charge in [0.15, 0.2) is 0 Å². The Labute approximate surface area is 198 Å². The van der Waals surface area contributed by atoms with Gasteiger partial charge >= 0.3 is 0 Å². The van der Waals surface area contributed by atoms with Crippen LogP contribution in [0.5, 0.6) is 0 Å². The third-order valence-electron chi connectivity index (χ3n) is 6.71. The van der Waals surface area contributed by atoms with Crippen LogP contribution in [0.1, 0.15) is 35.7 Å². The molecule has 33 heavy (non-hydrogen) atoms. The fourth-order valence-corrected chi connectivity index (χ4v) is 5.75. The van der Waals surface area contributed by atoms with Gasteiger partial charge in [-0.05, 0) is 73.1 Å². The Morgan fingerprint density at radius 2 is 1.91 bits per heavy atom. The number of hydrogen-bond acceptors (Lipinski definition) is 5. The standard InChI is InChI=1S/C27H28N4OS/c1-20(32)31-19-22(24-17-21(18-28)8-9-26(24)31)5-2-3-11-29-12-14-30(15-13-29)25-6-4-7-27-23(25)10-16-33-27/h4,6-10,16-17,19H,2-3,5,11-15H2,1H3. The minimum Gasteiger partial charge on any atom is -0.368 e. The normalized spacial score (nSPS) is 14.7. The highest BCUT2D eigenvalue weighted by Gasteiger charge is 2.19. The van der Waals surface area contributed by atoms with Crippen molar-refractivity contribution in [3.63, 3.8) is 0 Å². The second kappa shape index (κ2) is 9.38. The fourth-order valence-electron chi connectivity index (χ4n) is 4.94. The number of nitriles is 1. The summed E-state index contributed by atoms with van der Waals surface area (Å²) in [5.41, 5.74) is 4.06. The third-order valence-corrected chi connectivity index (χ3v) is 7.59. The van der Waals surface area contributed by atoms with Gasteiger partial charge in [0.2, 0.25) is 5.91 Å². The first-order valence-corrected chi connectivity index (χ1v) is 12.5. The Balaban J connectivity index is 1.16. The minimum atomic E-state index is 0.00646. The number of fused-ring (bicyclic) bond motifs is 2. The van der Waals surface area contributed by atoms with E-state index in [2.05, 4.69) is 45.5 Å². The Morgan fingerprint density at radius 1 is 1.06 bits per heavy atom. The van der Waals surface area contributed by atoms with Gasteiger partial charge < -0.3 is 4.90 Å². The minimum absolute atomic E-state index is 0.00646. The molecule has 6 heteroatoms. The molecule has 0 atom stereocenters. The fraction of sp³-hybridized carbons (Fsp3) is 0.333. The molecule has 4 aromatic rings. The zero-order valence-corrected chi connectivity index (χ0v) is 19.8. The monoisotopic (exact) mass is 456 g/mol. The smallest absolute Gasteiger partial charge is 0.227 e. The lowest BCUT2D eigenvalue weighted by molar-refractivity contribution is 0.0941.